The average Bonchev–Trinajstić information content (AvgIpc) is 2.75. The second kappa shape index (κ2) is 3.94. The Hall–Kier alpha value is -1.13. The van der Waals surface area contributed by atoms with Gasteiger partial charge in [-0.15, -0.1) is 11.3 Å². The number of furan rings is 1. The van der Waals surface area contributed by atoms with Gasteiger partial charge >= 0.3 is 0 Å². The number of thiazole rings is 1. The molecule has 0 radical (unpaired) electrons. The van der Waals surface area contributed by atoms with E-state index in [0.29, 0.717) is 5.56 Å². The zero-order valence-electron chi connectivity index (χ0n) is 7.07. The summed E-state index contributed by atoms with van der Waals surface area (Å²) in [7, 11) is 0. The Kier molecular flexibility index (Phi) is 2.65. The lowest BCUT2D eigenvalue weighted by atomic mass is 10.2. The molecule has 3 nitrogen and oxygen atoms in total. The maximum absolute atomic E-state index is 11.6. The van der Waals surface area contributed by atoms with Crippen molar-refractivity contribution in [2.75, 3.05) is 0 Å². The third-order valence-corrected chi connectivity index (χ3v) is 2.79. The first-order valence-electron chi connectivity index (χ1n) is 3.92. The number of halogens is 1. The topological polar surface area (TPSA) is 43.1 Å². The van der Waals surface area contributed by atoms with Gasteiger partial charge in [-0.25, -0.2) is 4.98 Å². The van der Waals surface area contributed by atoms with Gasteiger partial charge in [0.2, 0.25) is 5.22 Å². The van der Waals surface area contributed by atoms with Crippen LogP contribution in [0.5, 0.6) is 0 Å². The molecule has 2 rings (SSSR count). The summed E-state index contributed by atoms with van der Waals surface area (Å²) in [6.07, 6.45) is 3.35. The molecular weight excluding hydrogens is 222 g/mol. The molecule has 0 atom stereocenters. The number of nitrogens with zero attached hydrogens (tertiary/aromatic N) is 1. The van der Waals surface area contributed by atoms with Crippen LogP contribution in [0.2, 0.25) is 5.22 Å². The quantitative estimate of drug-likeness (QED) is 0.758. The summed E-state index contributed by atoms with van der Waals surface area (Å²) in [5.41, 5.74) is 0.418. The number of ketones is 1. The zero-order valence-corrected chi connectivity index (χ0v) is 8.64. The van der Waals surface area contributed by atoms with Crippen LogP contribution >= 0.6 is 22.9 Å². The molecule has 14 heavy (non-hydrogen) atoms. The predicted molar refractivity (Wildman–Crippen MR) is 53.9 cm³/mol. The van der Waals surface area contributed by atoms with Crippen molar-refractivity contribution in [3.05, 3.63) is 39.7 Å². The first kappa shape index (κ1) is 9.43. The van der Waals surface area contributed by atoms with E-state index in [9.17, 15) is 4.79 Å². The van der Waals surface area contributed by atoms with Gasteiger partial charge in [-0.3, -0.25) is 4.79 Å². The Morgan fingerprint density at radius 2 is 2.50 bits per heavy atom. The molecule has 0 fully saturated rings. The van der Waals surface area contributed by atoms with Gasteiger partial charge in [0.1, 0.15) is 5.01 Å². The van der Waals surface area contributed by atoms with Crippen molar-refractivity contribution in [2.24, 2.45) is 0 Å². The minimum Gasteiger partial charge on any atom is -0.452 e. The Morgan fingerprint density at radius 1 is 1.64 bits per heavy atom. The molecule has 72 valence electrons. The van der Waals surface area contributed by atoms with E-state index in [2.05, 4.69) is 4.98 Å². The highest BCUT2D eigenvalue weighted by molar-refractivity contribution is 7.09. The predicted octanol–water partition coefficient (Wildman–Crippen LogP) is 2.81. The third kappa shape index (κ3) is 1.86. The van der Waals surface area contributed by atoms with Crippen LogP contribution < -0.4 is 0 Å². The zero-order chi connectivity index (χ0) is 9.97. The first-order valence-corrected chi connectivity index (χ1v) is 5.17. The molecule has 0 aromatic carbocycles. The number of hydrogen-bond acceptors (Lipinski definition) is 4. The lowest BCUT2D eigenvalue weighted by Gasteiger charge is -1.93. The smallest absolute Gasteiger partial charge is 0.203 e. The van der Waals surface area contributed by atoms with Crippen molar-refractivity contribution in [1.82, 2.24) is 4.98 Å². The molecule has 0 saturated heterocycles. The van der Waals surface area contributed by atoms with E-state index in [1.165, 1.54) is 17.6 Å². The van der Waals surface area contributed by atoms with E-state index >= 15 is 0 Å². The van der Waals surface area contributed by atoms with Gasteiger partial charge in [0.25, 0.3) is 0 Å². The van der Waals surface area contributed by atoms with Crippen LogP contribution in [-0.2, 0) is 6.42 Å². The largest absolute Gasteiger partial charge is 0.452 e. The molecule has 2 heterocycles. The van der Waals surface area contributed by atoms with Crippen molar-refractivity contribution in [1.29, 1.82) is 0 Å². The molecule has 0 N–H and O–H groups in total. The third-order valence-electron chi connectivity index (χ3n) is 1.71. The monoisotopic (exact) mass is 227 g/mol. The molecule has 0 amide bonds. The van der Waals surface area contributed by atoms with Crippen LogP contribution in [0.25, 0.3) is 0 Å². The normalized spacial score (nSPS) is 10.4. The maximum Gasteiger partial charge on any atom is 0.203 e. The Morgan fingerprint density at radius 3 is 3.07 bits per heavy atom. The molecule has 0 spiro atoms. The summed E-state index contributed by atoms with van der Waals surface area (Å²) < 4.78 is 4.83. The second-order valence-electron chi connectivity index (χ2n) is 2.63. The summed E-state index contributed by atoms with van der Waals surface area (Å²) in [6.45, 7) is 0. The molecule has 0 aliphatic heterocycles. The fourth-order valence-electron chi connectivity index (χ4n) is 1.07. The lowest BCUT2D eigenvalue weighted by molar-refractivity contribution is 0.0992. The van der Waals surface area contributed by atoms with Crippen LogP contribution in [0, 0.1) is 0 Å². The lowest BCUT2D eigenvalue weighted by Crippen LogP contribution is -2.02. The molecule has 2 aromatic rings. The van der Waals surface area contributed by atoms with Crippen LogP contribution in [0.3, 0.4) is 0 Å². The minimum atomic E-state index is -0.0706. The Labute approximate surface area is 89.3 Å². The summed E-state index contributed by atoms with van der Waals surface area (Å²) >= 11 is 7.12. The van der Waals surface area contributed by atoms with Crippen molar-refractivity contribution in [3.63, 3.8) is 0 Å². The highest BCUT2D eigenvalue weighted by Crippen LogP contribution is 2.19. The van der Waals surface area contributed by atoms with Gasteiger partial charge in [-0.2, -0.15) is 0 Å². The van der Waals surface area contributed by atoms with Gasteiger partial charge in [-0.1, -0.05) is 0 Å². The molecule has 0 aliphatic carbocycles. The average molecular weight is 228 g/mol. The molecule has 0 bridgehead atoms. The first-order chi connectivity index (χ1) is 6.77. The SMILES string of the molecule is O=C(Cc1nccs1)c1ccoc1Cl. The maximum atomic E-state index is 11.6. The molecule has 0 saturated carbocycles. The summed E-state index contributed by atoms with van der Waals surface area (Å²) in [4.78, 5) is 15.6. The highest BCUT2D eigenvalue weighted by atomic mass is 35.5. The van der Waals surface area contributed by atoms with E-state index in [-0.39, 0.29) is 17.4 Å². The number of rotatable bonds is 3. The molecule has 0 aliphatic rings. The summed E-state index contributed by atoms with van der Waals surface area (Å²) in [5.74, 6) is -0.0706. The fourth-order valence-corrected chi connectivity index (χ4v) is 1.90. The molecule has 0 unspecified atom stereocenters. The number of aromatic nitrogens is 1. The molecule has 2 aromatic heterocycles. The van der Waals surface area contributed by atoms with E-state index in [1.807, 2.05) is 5.38 Å². The number of carbonyl (C=O) groups excluding carboxylic acids is 1. The highest BCUT2D eigenvalue weighted by Gasteiger charge is 2.14. The van der Waals surface area contributed by atoms with E-state index in [1.54, 1.807) is 12.3 Å². The Bertz CT molecular complexity index is 435. The van der Waals surface area contributed by atoms with Gasteiger partial charge in [0.05, 0.1) is 18.2 Å². The van der Waals surface area contributed by atoms with Crippen molar-refractivity contribution >= 4 is 28.7 Å². The minimum absolute atomic E-state index is 0.0706. The van der Waals surface area contributed by atoms with Gasteiger partial charge in [-0.05, 0) is 17.7 Å². The second-order valence-corrected chi connectivity index (χ2v) is 3.96. The van der Waals surface area contributed by atoms with Gasteiger partial charge in [0, 0.05) is 11.6 Å². The number of hydrogen-bond donors (Lipinski definition) is 0. The molecule has 5 heteroatoms. The molecular formula is C9H6ClNO2S. The van der Waals surface area contributed by atoms with Gasteiger partial charge in [0.15, 0.2) is 5.78 Å². The van der Waals surface area contributed by atoms with E-state index in [0.717, 1.165) is 5.01 Å². The summed E-state index contributed by atoms with van der Waals surface area (Å²) in [5, 5.41) is 2.76. The Balaban J connectivity index is 2.14. The van der Waals surface area contributed by atoms with Crippen molar-refractivity contribution in [2.45, 2.75) is 6.42 Å². The summed E-state index contributed by atoms with van der Waals surface area (Å²) in [6, 6.07) is 1.57. The van der Waals surface area contributed by atoms with Crippen LogP contribution in [0.1, 0.15) is 15.4 Å². The fraction of sp³-hybridized carbons (Fsp3) is 0.111. The van der Waals surface area contributed by atoms with Gasteiger partial charge < -0.3 is 4.42 Å². The van der Waals surface area contributed by atoms with Crippen LogP contribution in [0.15, 0.2) is 28.3 Å². The standard InChI is InChI=1S/C9H6ClNO2S/c10-9-6(1-3-13-9)7(12)5-8-11-2-4-14-8/h1-4H,5H2. The van der Waals surface area contributed by atoms with Crippen LogP contribution in [0.4, 0.5) is 0 Å². The van der Waals surface area contributed by atoms with Crippen molar-refractivity contribution < 1.29 is 9.21 Å². The van der Waals surface area contributed by atoms with Crippen molar-refractivity contribution in [3.8, 4) is 0 Å². The number of carbonyl (C=O) groups is 1. The van der Waals surface area contributed by atoms with Crippen LogP contribution in [-0.4, -0.2) is 10.8 Å². The number of Topliss-reactive ketones (excluding diaryl/α,β-unsaturated/α-hetero) is 1. The van der Waals surface area contributed by atoms with E-state index in [4.69, 9.17) is 16.0 Å². The van der Waals surface area contributed by atoms with E-state index < -0.39 is 0 Å².